The maximum Gasteiger partial charge on any atom is 0.257 e. The van der Waals surface area contributed by atoms with E-state index in [0.717, 1.165) is 32.1 Å². The Morgan fingerprint density at radius 1 is 1.02 bits per heavy atom. The van der Waals surface area contributed by atoms with Crippen LogP contribution in [-0.2, 0) is 22.6 Å². The quantitative estimate of drug-likeness (QED) is 0.287. The minimum Gasteiger partial charge on any atom is -0.396 e. The standard InChI is InChI=1S/C32H34Cl2FN3O5/c1-29(41,31(42)9-3-2-4-10-31)21-13-24-27(25(35)14-21)32(20-5-7-22(33)8-6-20,43-19-30(18-39)11-12-30)38(28(24)40)17-26-36-15-23(34)16-37-26/h5-8,13-16,39,41-42H,2-4,9-12,17-19H2,1H3/t29-,32-/m1/s1. The highest BCUT2D eigenvalue weighted by Gasteiger charge is 2.57. The van der Waals surface area contributed by atoms with Crippen LogP contribution >= 0.6 is 23.2 Å². The molecule has 3 aromatic rings. The highest BCUT2D eigenvalue weighted by Crippen LogP contribution is 2.53. The number of hydrogen-bond donors (Lipinski definition) is 3. The minimum atomic E-state index is -1.82. The van der Waals surface area contributed by atoms with Crippen molar-refractivity contribution >= 4 is 29.1 Å². The van der Waals surface area contributed by atoms with Crippen molar-refractivity contribution in [2.24, 2.45) is 5.41 Å². The van der Waals surface area contributed by atoms with Crippen molar-refractivity contribution in [2.45, 2.75) is 75.3 Å². The number of rotatable bonds is 9. The maximum atomic E-state index is 16.7. The average Bonchev–Trinajstić information content (AvgIpc) is 3.74. The zero-order valence-corrected chi connectivity index (χ0v) is 25.3. The molecule has 0 saturated heterocycles. The smallest absolute Gasteiger partial charge is 0.257 e. The SMILES string of the molecule is C[C@@](O)(c1cc(F)c2c(c1)C(=O)N(Cc1ncc(Cl)cn1)[C@@]2(OCC1(CO)CC1)c1ccc(Cl)cc1)C1(O)CCCCC1. The summed E-state index contributed by atoms with van der Waals surface area (Å²) < 4.78 is 23.4. The van der Waals surface area contributed by atoms with Gasteiger partial charge in [0.25, 0.3) is 5.91 Å². The lowest BCUT2D eigenvalue weighted by Crippen LogP contribution is -2.51. The number of ether oxygens (including phenoxy) is 1. The molecule has 2 aromatic carbocycles. The number of halogens is 3. The van der Waals surface area contributed by atoms with Crippen molar-refractivity contribution < 1.29 is 29.2 Å². The molecule has 8 nitrogen and oxygen atoms in total. The minimum absolute atomic E-state index is 0.00700. The molecule has 0 radical (unpaired) electrons. The number of aromatic nitrogens is 2. The van der Waals surface area contributed by atoms with E-state index in [1.165, 1.54) is 36.4 Å². The van der Waals surface area contributed by atoms with Crippen LogP contribution in [0.25, 0.3) is 0 Å². The van der Waals surface area contributed by atoms with Gasteiger partial charge in [-0.1, -0.05) is 54.6 Å². The summed E-state index contributed by atoms with van der Waals surface area (Å²) in [5.74, 6) is -1.09. The third-order valence-corrected chi connectivity index (χ3v) is 9.97. The van der Waals surface area contributed by atoms with E-state index in [1.54, 1.807) is 24.3 Å². The van der Waals surface area contributed by atoms with Crippen LogP contribution in [0.4, 0.5) is 4.39 Å². The highest BCUT2D eigenvalue weighted by molar-refractivity contribution is 6.30. The molecule has 3 N–H and O–H groups in total. The maximum absolute atomic E-state index is 16.7. The van der Waals surface area contributed by atoms with E-state index in [1.807, 2.05) is 0 Å². The van der Waals surface area contributed by atoms with Gasteiger partial charge in [0, 0.05) is 28.4 Å². The molecule has 2 aliphatic carbocycles. The van der Waals surface area contributed by atoms with Gasteiger partial charge in [-0.2, -0.15) is 0 Å². The van der Waals surface area contributed by atoms with E-state index in [4.69, 9.17) is 27.9 Å². The van der Waals surface area contributed by atoms with Crippen LogP contribution in [0, 0.1) is 11.2 Å². The zero-order valence-electron chi connectivity index (χ0n) is 23.8. The van der Waals surface area contributed by atoms with Crippen LogP contribution < -0.4 is 0 Å². The topological polar surface area (TPSA) is 116 Å². The van der Waals surface area contributed by atoms with Gasteiger partial charge in [-0.25, -0.2) is 14.4 Å². The van der Waals surface area contributed by atoms with Crippen molar-refractivity contribution in [3.8, 4) is 0 Å². The lowest BCUT2D eigenvalue weighted by Gasteiger charge is -2.44. The molecule has 3 aliphatic rings. The predicted molar refractivity (Wildman–Crippen MR) is 158 cm³/mol. The molecule has 2 heterocycles. The number of nitrogens with zero attached hydrogens (tertiary/aromatic N) is 3. The summed E-state index contributed by atoms with van der Waals surface area (Å²) in [6.45, 7) is 1.25. The number of benzene rings is 2. The number of carbonyl (C=O) groups excluding carboxylic acids is 1. The molecule has 11 heteroatoms. The first-order chi connectivity index (χ1) is 20.4. The Kier molecular flexibility index (Phi) is 7.80. The number of fused-ring (bicyclic) bond motifs is 1. The predicted octanol–water partition coefficient (Wildman–Crippen LogP) is 5.47. The number of aliphatic hydroxyl groups is 3. The van der Waals surface area contributed by atoms with E-state index in [0.29, 0.717) is 28.5 Å². The van der Waals surface area contributed by atoms with E-state index in [2.05, 4.69) is 9.97 Å². The summed E-state index contributed by atoms with van der Waals surface area (Å²) in [7, 11) is 0. The second kappa shape index (κ2) is 11.1. The molecule has 6 rings (SSSR count). The molecule has 2 atom stereocenters. The Morgan fingerprint density at radius 3 is 2.28 bits per heavy atom. The van der Waals surface area contributed by atoms with Gasteiger partial charge in [-0.3, -0.25) is 9.69 Å². The zero-order chi connectivity index (χ0) is 30.6. The van der Waals surface area contributed by atoms with Gasteiger partial charge in [0.2, 0.25) is 0 Å². The van der Waals surface area contributed by atoms with Gasteiger partial charge >= 0.3 is 0 Å². The molecule has 2 fully saturated rings. The molecule has 1 aliphatic heterocycles. The number of hydrogen-bond acceptors (Lipinski definition) is 7. The normalized spacial score (nSPS) is 23.6. The van der Waals surface area contributed by atoms with Crippen LogP contribution in [0.15, 0.2) is 48.8 Å². The molecular formula is C32H34Cl2FN3O5. The number of amides is 1. The summed E-state index contributed by atoms with van der Waals surface area (Å²) in [5.41, 5.74) is -5.08. The second-order valence-electron chi connectivity index (χ2n) is 12.4. The molecule has 1 aromatic heterocycles. The van der Waals surface area contributed by atoms with Gasteiger partial charge < -0.3 is 20.1 Å². The Hall–Kier alpha value is -2.66. The fraction of sp³-hybridized carbons (Fsp3) is 0.469. The number of aliphatic hydroxyl groups excluding tert-OH is 1. The fourth-order valence-electron chi connectivity index (χ4n) is 6.45. The van der Waals surface area contributed by atoms with Crippen LogP contribution in [0.5, 0.6) is 0 Å². The summed E-state index contributed by atoms with van der Waals surface area (Å²) >= 11 is 12.2. The first-order valence-corrected chi connectivity index (χ1v) is 15.3. The van der Waals surface area contributed by atoms with Crippen molar-refractivity contribution in [2.75, 3.05) is 13.2 Å². The van der Waals surface area contributed by atoms with Crippen molar-refractivity contribution in [3.63, 3.8) is 0 Å². The highest BCUT2D eigenvalue weighted by atomic mass is 35.5. The van der Waals surface area contributed by atoms with E-state index in [-0.39, 0.29) is 42.3 Å². The van der Waals surface area contributed by atoms with Gasteiger partial charge in [0.15, 0.2) is 5.72 Å². The van der Waals surface area contributed by atoms with Crippen LogP contribution in [0.3, 0.4) is 0 Å². The molecular weight excluding hydrogens is 596 g/mol. The summed E-state index contributed by atoms with van der Waals surface area (Å²) in [6, 6.07) is 9.27. The van der Waals surface area contributed by atoms with Gasteiger partial charge in [0.05, 0.1) is 41.5 Å². The number of carbonyl (C=O) groups is 1. The van der Waals surface area contributed by atoms with Crippen LogP contribution in [0.1, 0.15) is 84.7 Å². The van der Waals surface area contributed by atoms with Crippen molar-refractivity contribution in [1.29, 1.82) is 0 Å². The Bertz CT molecular complexity index is 1530. The second-order valence-corrected chi connectivity index (χ2v) is 13.2. The summed E-state index contributed by atoms with van der Waals surface area (Å²) in [5, 5.41) is 34.1. The summed E-state index contributed by atoms with van der Waals surface area (Å²) in [6.07, 6.45) is 7.38. The molecule has 0 bridgehead atoms. The third kappa shape index (κ3) is 5.14. The van der Waals surface area contributed by atoms with E-state index >= 15 is 4.39 Å². The van der Waals surface area contributed by atoms with Crippen molar-refractivity contribution in [1.82, 2.24) is 14.9 Å². The Morgan fingerprint density at radius 2 is 1.67 bits per heavy atom. The van der Waals surface area contributed by atoms with Crippen molar-refractivity contribution in [3.05, 3.63) is 92.7 Å². The molecule has 43 heavy (non-hydrogen) atoms. The van der Waals surface area contributed by atoms with Gasteiger partial charge in [0.1, 0.15) is 17.2 Å². The first kappa shape index (κ1) is 30.4. The van der Waals surface area contributed by atoms with E-state index < -0.39 is 34.1 Å². The Labute approximate surface area is 259 Å². The molecule has 2 saturated carbocycles. The average molecular weight is 631 g/mol. The first-order valence-electron chi connectivity index (χ1n) is 14.5. The Balaban J connectivity index is 1.54. The van der Waals surface area contributed by atoms with Gasteiger partial charge in [-0.15, -0.1) is 0 Å². The largest absolute Gasteiger partial charge is 0.396 e. The summed E-state index contributed by atoms with van der Waals surface area (Å²) in [4.78, 5) is 24.3. The monoisotopic (exact) mass is 629 g/mol. The third-order valence-electron chi connectivity index (χ3n) is 9.52. The molecule has 1 amide bonds. The molecule has 228 valence electrons. The van der Waals surface area contributed by atoms with Crippen LogP contribution in [-0.4, -0.2) is 54.9 Å². The van der Waals surface area contributed by atoms with Gasteiger partial charge in [-0.05, 0) is 62.4 Å². The van der Waals surface area contributed by atoms with E-state index in [9.17, 15) is 20.1 Å². The fourth-order valence-corrected chi connectivity index (χ4v) is 6.68. The molecule has 0 spiro atoms. The lowest BCUT2D eigenvalue weighted by molar-refractivity contribution is -0.164. The molecule has 0 unspecified atom stereocenters. The van der Waals surface area contributed by atoms with Crippen LogP contribution in [0.2, 0.25) is 10.0 Å². The lowest BCUT2D eigenvalue weighted by atomic mass is 9.70.